The van der Waals surface area contributed by atoms with Gasteiger partial charge in [0, 0.05) is 6.61 Å². The first-order valence-electron chi connectivity index (χ1n) is 7.43. The van der Waals surface area contributed by atoms with Gasteiger partial charge in [0.2, 0.25) is 0 Å². The minimum atomic E-state index is -0.371. The number of hydrogen-bond donors (Lipinski definition) is 1. The summed E-state index contributed by atoms with van der Waals surface area (Å²) in [5, 5.41) is 10.6. The average molecular weight is 240 g/mol. The van der Waals surface area contributed by atoms with Gasteiger partial charge in [-0.05, 0) is 63.2 Å². The normalized spacial score (nSPS) is 42.9. The lowest BCUT2D eigenvalue weighted by Crippen LogP contribution is -2.37. The van der Waals surface area contributed by atoms with E-state index in [-0.39, 0.29) is 5.60 Å². The second-order valence-corrected chi connectivity index (χ2v) is 6.45. The van der Waals surface area contributed by atoms with Gasteiger partial charge in [-0.15, -0.1) is 0 Å². The molecule has 1 heterocycles. The third kappa shape index (κ3) is 3.69. The Morgan fingerprint density at radius 1 is 1.24 bits per heavy atom. The number of rotatable bonds is 4. The molecule has 1 saturated carbocycles. The lowest BCUT2D eigenvalue weighted by Gasteiger charge is -2.39. The van der Waals surface area contributed by atoms with E-state index in [1.807, 2.05) is 0 Å². The van der Waals surface area contributed by atoms with Crippen LogP contribution < -0.4 is 0 Å². The van der Waals surface area contributed by atoms with Crippen LogP contribution in [0.1, 0.15) is 65.2 Å². The van der Waals surface area contributed by atoms with E-state index in [1.165, 1.54) is 19.3 Å². The highest BCUT2D eigenvalue weighted by Crippen LogP contribution is 2.39. The van der Waals surface area contributed by atoms with Crippen LogP contribution in [0.4, 0.5) is 0 Å². The topological polar surface area (TPSA) is 29.5 Å². The molecule has 0 aromatic heterocycles. The van der Waals surface area contributed by atoms with Crippen LogP contribution in [0.3, 0.4) is 0 Å². The quantitative estimate of drug-likeness (QED) is 0.814. The van der Waals surface area contributed by atoms with Gasteiger partial charge in [-0.3, -0.25) is 0 Å². The van der Waals surface area contributed by atoms with Gasteiger partial charge in [-0.25, -0.2) is 0 Å². The van der Waals surface area contributed by atoms with Gasteiger partial charge in [0.25, 0.3) is 0 Å². The Labute approximate surface area is 106 Å². The molecule has 0 spiro atoms. The van der Waals surface area contributed by atoms with E-state index in [1.54, 1.807) is 0 Å². The molecule has 100 valence electrons. The smallest absolute Gasteiger partial charge is 0.0650 e. The summed E-state index contributed by atoms with van der Waals surface area (Å²) < 4.78 is 5.63. The van der Waals surface area contributed by atoms with Crippen molar-refractivity contribution in [2.45, 2.75) is 76.9 Å². The molecule has 4 atom stereocenters. The van der Waals surface area contributed by atoms with Crippen molar-refractivity contribution in [1.29, 1.82) is 0 Å². The predicted molar refractivity (Wildman–Crippen MR) is 70.0 cm³/mol. The van der Waals surface area contributed by atoms with Gasteiger partial charge in [-0.2, -0.15) is 0 Å². The zero-order valence-corrected chi connectivity index (χ0v) is 11.5. The van der Waals surface area contributed by atoms with Crippen LogP contribution in [0.5, 0.6) is 0 Å². The first-order valence-corrected chi connectivity index (χ1v) is 7.43. The van der Waals surface area contributed by atoms with Crippen molar-refractivity contribution in [1.82, 2.24) is 0 Å². The molecular weight excluding hydrogens is 212 g/mol. The van der Waals surface area contributed by atoms with Crippen molar-refractivity contribution < 1.29 is 9.84 Å². The lowest BCUT2D eigenvalue weighted by atomic mass is 9.71. The van der Waals surface area contributed by atoms with E-state index in [2.05, 4.69) is 13.8 Å². The Bertz CT molecular complexity index is 235. The maximum Gasteiger partial charge on any atom is 0.0650 e. The third-order valence-corrected chi connectivity index (χ3v) is 4.93. The second kappa shape index (κ2) is 5.71. The van der Waals surface area contributed by atoms with Crippen molar-refractivity contribution in [2.75, 3.05) is 6.61 Å². The molecule has 1 aliphatic carbocycles. The van der Waals surface area contributed by atoms with Crippen LogP contribution in [0, 0.1) is 11.8 Å². The molecule has 0 amide bonds. The fourth-order valence-corrected chi connectivity index (χ4v) is 3.44. The van der Waals surface area contributed by atoms with Crippen LogP contribution in [-0.4, -0.2) is 23.4 Å². The summed E-state index contributed by atoms with van der Waals surface area (Å²) in [6.07, 6.45) is 9.38. The predicted octanol–water partition coefficient (Wildman–Crippen LogP) is 3.52. The highest BCUT2D eigenvalue weighted by atomic mass is 16.5. The maximum atomic E-state index is 10.6. The van der Waals surface area contributed by atoms with Crippen molar-refractivity contribution >= 4 is 0 Å². The molecular formula is C15H28O2. The molecule has 2 heteroatoms. The van der Waals surface area contributed by atoms with Gasteiger partial charge >= 0.3 is 0 Å². The zero-order chi connectivity index (χ0) is 12.3. The Morgan fingerprint density at radius 2 is 2.06 bits per heavy atom. The lowest BCUT2D eigenvalue weighted by molar-refractivity contribution is -0.0387. The summed E-state index contributed by atoms with van der Waals surface area (Å²) in [4.78, 5) is 0. The largest absolute Gasteiger partial charge is 0.390 e. The van der Waals surface area contributed by atoms with Crippen LogP contribution >= 0.6 is 0 Å². The van der Waals surface area contributed by atoms with Crippen molar-refractivity contribution in [3.63, 3.8) is 0 Å². The Morgan fingerprint density at radius 3 is 2.71 bits per heavy atom. The molecule has 2 nitrogen and oxygen atoms in total. The molecule has 0 bridgehead atoms. The van der Waals surface area contributed by atoms with E-state index in [0.29, 0.717) is 12.0 Å². The molecule has 2 aliphatic rings. The molecule has 2 fully saturated rings. The highest BCUT2D eigenvalue weighted by molar-refractivity contribution is 4.87. The standard InChI is InChI=1S/C15H28O2/c1-12-7-9-15(16,11-13(12)2)8-3-5-14-6-4-10-17-14/h12-14,16H,3-11H2,1-2H3. The van der Waals surface area contributed by atoms with Gasteiger partial charge < -0.3 is 9.84 Å². The summed E-state index contributed by atoms with van der Waals surface area (Å²) in [5.74, 6) is 1.46. The SMILES string of the molecule is CC1CCC(O)(CCCC2CCCO2)CC1C. The van der Waals surface area contributed by atoms with Crippen LogP contribution in [0.25, 0.3) is 0 Å². The summed E-state index contributed by atoms with van der Waals surface area (Å²) >= 11 is 0. The Kier molecular flexibility index (Phi) is 4.48. The molecule has 0 aromatic rings. The summed E-state index contributed by atoms with van der Waals surface area (Å²) in [6, 6.07) is 0. The highest BCUT2D eigenvalue weighted by Gasteiger charge is 2.35. The summed E-state index contributed by atoms with van der Waals surface area (Å²) in [7, 11) is 0. The van der Waals surface area contributed by atoms with E-state index in [0.717, 1.165) is 44.6 Å². The minimum Gasteiger partial charge on any atom is -0.390 e. The minimum absolute atomic E-state index is 0.371. The number of aliphatic hydroxyl groups is 1. The number of hydrogen-bond acceptors (Lipinski definition) is 2. The van der Waals surface area contributed by atoms with Gasteiger partial charge in [-0.1, -0.05) is 13.8 Å². The fraction of sp³-hybridized carbons (Fsp3) is 1.00. The van der Waals surface area contributed by atoms with Crippen molar-refractivity contribution in [3.05, 3.63) is 0 Å². The van der Waals surface area contributed by atoms with E-state index in [9.17, 15) is 5.11 Å². The van der Waals surface area contributed by atoms with Crippen LogP contribution in [0.15, 0.2) is 0 Å². The molecule has 1 N–H and O–H groups in total. The van der Waals surface area contributed by atoms with Gasteiger partial charge in [0.15, 0.2) is 0 Å². The Hall–Kier alpha value is -0.0800. The van der Waals surface area contributed by atoms with Gasteiger partial charge in [0.1, 0.15) is 0 Å². The summed E-state index contributed by atoms with van der Waals surface area (Å²) in [5.41, 5.74) is -0.371. The van der Waals surface area contributed by atoms with Crippen molar-refractivity contribution in [2.24, 2.45) is 11.8 Å². The molecule has 0 radical (unpaired) electrons. The van der Waals surface area contributed by atoms with E-state index < -0.39 is 0 Å². The fourth-order valence-electron chi connectivity index (χ4n) is 3.44. The first-order chi connectivity index (χ1) is 8.09. The van der Waals surface area contributed by atoms with Crippen molar-refractivity contribution in [3.8, 4) is 0 Å². The monoisotopic (exact) mass is 240 g/mol. The Balaban J connectivity index is 1.70. The average Bonchev–Trinajstić information content (AvgIpc) is 2.77. The molecule has 1 saturated heterocycles. The van der Waals surface area contributed by atoms with E-state index in [4.69, 9.17) is 4.74 Å². The van der Waals surface area contributed by atoms with Crippen LogP contribution in [-0.2, 0) is 4.74 Å². The van der Waals surface area contributed by atoms with Crippen LogP contribution in [0.2, 0.25) is 0 Å². The first kappa shape index (κ1) is 13.4. The number of ether oxygens (including phenoxy) is 1. The molecule has 1 aliphatic heterocycles. The molecule has 4 unspecified atom stereocenters. The van der Waals surface area contributed by atoms with E-state index >= 15 is 0 Å². The second-order valence-electron chi connectivity index (χ2n) is 6.45. The molecule has 17 heavy (non-hydrogen) atoms. The maximum absolute atomic E-state index is 10.6. The zero-order valence-electron chi connectivity index (χ0n) is 11.5. The molecule has 2 rings (SSSR count). The summed E-state index contributed by atoms with van der Waals surface area (Å²) in [6.45, 7) is 5.55. The van der Waals surface area contributed by atoms with Gasteiger partial charge in [0.05, 0.1) is 11.7 Å². The third-order valence-electron chi connectivity index (χ3n) is 4.93. The molecule has 0 aromatic carbocycles.